The number of hydrogen-bond acceptors (Lipinski definition) is 5. The molecule has 2 N–H and O–H groups in total. The van der Waals surface area contributed by atoms with Crippen LogP contribution in [0.3, 0.4) is 0 Å². The first-order valence-electron chi connectivity index (χ1n) is 10.2. The predicted molar refractivity (Wildman–Crippen MR) is 107 cm³/mol. The van der Waals surface area contributed by atoms with Crippen molar-refractivity contribution in [2.75, 3.05) is 46.8 Å². The number of guanidine groups is 1. The molecular formula is C21H31N3O4. The lowest BCUT2D eigenvalue weighted by atomic mass is 9.74. The van der Waals surface area contributed by atoms with Crippen molar-refractivity contribution >= 4 is 5.96 Å². The fourth-order valence-corrected chi connectivity index (χ4v) is 4.28. The van der Waals surface area contributed by atoms with Crippen LogP contribution in [0.25, 0.3) is 0 Å². The molecule has 4 rings (SSSR count). The molecule has 2 fully saturated rings. The third-order valence-electron chi connectivity index (χ3n) is 6.18. The maximum absolute atomic E-state index is 5.87. The second-order valence-corrected chi connectivity index (χ2v) is 8.14. The smallest absolute Gasteiger partial charge is 0.231 e. The highest BCUT2D eigenvalue weighted by Gasteiger charge is 2.36. The Morgan fingerprint density at radius 3 is 2.57 bits per heavy atom. The van der Waals surface area contributed by atoms with Gasteiger partial charge < -0.3 is 29.6 Å². The van der Waals surface area contributed by atoms with E-state index in [1.54, 1.807) is 0 Å². The van der Waals surface area contributed by atoms with E-state index in [9.17, 15) is 0 Å². The summed E-state index contributed by atoms with van der Waals surface area (Å²) >= 11 is 0. The topological polar surface area (TPSA) is 73.3 Å². The van der Waals surface area contributed by atoms with Crippen molar-refractivity contribution in [1.29, 1.82) is 0 Å². The van der Waals surface area contributed by atoms with Crippen molar-refractivity contribution in [2.24, 2.45) is 4.99 Å². The van der Waals surface area contributed by atoms with E-state index in [1.165, 1.54) is 5.56 Å². The zero-order chi connectivity index (χ0) is 19.5. The second-order valence-electron chi connectivity index (χ2n) is 8.14. The summed E-state index contributed by atoms with van der Waals surface area (Å²) in [6.07, 6.45) is 4.11. The molecule has 3 aliphatic heterocycles. The van der Waals surface area contributed by atoms with Crippen LogP contribution in [0.5, 0.6) is 11.5 Å². The van der Waals surface area contributed by atoms with Crippen molar-refractivity contribution in [2.45, 2.75) is 43.6 Å². The lowest BCUT2D eigenvalue weighted by Crippen LogP contribution is -2.50. The quantitative estimate of drug-likeness (QED) is 0.594. The average Bonchev–Trinajstić information content (AvgIpc) is 3.37. The SMILES string of the molecule is CN=C(NCC1(C)CCCO1)NCC1(c2ccc3c(c2)OCO3)CCOCC1. The molecule has 1 atom stereocenters. The second kappa shape index (κ2) is 8.17. The highest BCUT2D eigenvalue weighted by Crippen LogP contribution is 2.40. The van der Waals surface area contributed by atoms with E-state index in [-0.39, 0.29) is 11.0 Å². The van der Waals surface area contributed by atoms with Gasteiger partial charge in [-0.25, -0.2) is 0 Å². The minimum absolute atomic E-state index is 0.0232. The monoisotopic (exact) mass is 389 g/mol. The molecule has 1 aromatic carbocycles. The maximum Gasteiger partial charge on any atom is 0.231 e. The van der Waals surface area contributed by atoms with Gasteiger partial charge in [0.15, 0.2) is 17.5 Å². The molecule has 28 heavy (non-hydrogen) atoms. The minimum Gasteiger partial charge on any atom is -0.454 e. The Kier molecular flexibility index (Phi) is 5.64. The molecule has 7 heteroatoms. The number of benzene rings is 1. The molecule has 3 aliphatic rings. The average molecular weight is 389 g/mol. The molecule has 0 bridgehead atoms. The van der Waals surface area contributed by atoms with E-state index >= 15 is 0 Å². The molecule has 0 aromatic heterocycles. The van der Waals surface area contributed by atoms with Crippen molar-refractivity contribution in [3.63, 3.8) is 0 Å². The van der Waals surface area contributed by atoms with Crippen LogP contribution in [0.15, 0.2) is 23.2 Å². The number of ether oxygens (including phenoxy) is 4. The maximum atomic E-state index is 5.87. The van der Waals surface area contributed by atoms with Crippen LogP contribution in [-0.2, 0) is 14.9 Å². The van der Waals surface area contributed by atoms with Crippen molar-refractivity contribution in [3.8, 4) is 11.5 Å². The number of fused-ring (bicyclic) bond motifs is 1. The van der Waals surface area contributed by atoms with E-state index in [0.29, 0.717) is 6.79 Å². The van der Waals surface area contributed by atoms with Crippen LogP contribution >= 0.6 is 0 Å². The van der Waals surface area contributed by atoms with Crippen LogP contribution in [0.2, 0.25) is 0 Å². The molecule has 0 saturated carbocycles. The van der Waals surface area contributed by atoms with Crippen LogP contribution in [-0.4, -0.2) is 58.3 Å². The van der Waals surface area contributed by atoms with E-state index in [4.69, 9.17) is 18.9 Å². The first-order valence-corrected chi connectivity index (χ1v) is 10.2. The summed E-state index contributed by atoms with van der Waals surface area (Å²) < 4.78 is 22.6. The lowest BCUT2D eigenvalue weighted by molar-refractivity contribution is 0.0242. The number of nitrogens with one attached hydrogen (secondary N) is 2. The largest absolute Gasteiger partial charge is 0.454 e. The molecule has 7 nitrogen and oxygen atoms in total. The van der Waals surface area contributed by atoms with E-state index in [1.807, 2.05) is 13.1 Å². The van der Waals surface area contributed by atoms with Crippen molar-refractivity contribution < 1.29 is 18.9 Å². The van der Waals surface area contributed by atoms with Gasteiger partial charge in [-0.2, -0.15) is 0 Å². The van der Waals surface area contributed by atoms with Crippen LogP contribution in [0, 0.1) is 0 Å². The molecule has 1 unspecified atom stereocenters. The summed E-state index contributed by atoms with van der Waals surface area (Å²) in [5.74, 6) is 2.46. The minimum atomic E-state index is -0.106. The summed E-state index contributed by atoms with van der Waals surface area (Å²) in [5, 5.41) is 6.98. The van der Waals surface area contributed by atoms with Crippen molar-refractivity contribution in [1.82, 2.24) is 10.6 Å². The summed E-state index contributed by atoms with van der Waals surface area (Å²) in [6, 6.07) is 6.29. The fraction of sp³-hybridized carbons (Fsp3) is 0.667. The van der Waals surface area contributed by atoms with Gasteiger partial charge in [-0.15, -0.1) is 0 Å². The summed E-state index contributed by atoms with van der Waals surface area (Å²) in [5.41, 5.74) is 1.13. The first-order chi connectivity index (χ1) is 13.6. The van der Waals surface area contributed by atoms with Gasteiger partial charge in [-0.1, -0.05) is 6.07 Å². The molecule has 154 valence electrons. The van der Waals surface area contributed by atoms with Gasteiger partial charge in [-0.05, 0) is 50.3 Å². The van der Waals surface area contributed by atoms with Gasteiger partial charge in [0, 0.05) is 45.4 Å². The highest BCUT2D eigenvalue weighted by atomic mass is 16.7. The van der Waals surface area contributed by atoms with E-state index in [0.717, 1.165) is 76.1 Å². The Bertz CT molecular complexity index is 710. The summed E-state index contributed by atoms with van der Waals surface area (Å²) in [4.78, 5) is 4.41. The number of nitrogens with zero attached hydrogens (tertiary/aromatic N) is 1. The molecule has 0 aliphatic carbocycles. The van der Waals surface area contributed by atoms with Crippen molar-refractivity contribution in [3.05, 3.63) is 23.8 Å². The predicted octanol–water partition coefficient (Wildman–Crippen LogP) is 2.20. The Hall–Kier alpha value is -1.99. The van der Waals surface area contributed by atoms with Crippen LogP contribution < -0.4 is 20.1 Å². The van der Waals surface area contributed by atoms with E-state index < -0.39 is 0 Å². The highest BCUT2D eigenvalue weighted by molar-refractivity contribution is 5.79. The van der Waals surface area contributed by atoms with E-state index in [2.05, 4.69) is 34.7 Å². The third kappa shape index (κ3) is 4.05. The van der Waals surface area contributed by atoms with Gasteiger partial charge >= 0.3 is 0 Å². The standard InChI is InChI=1S/C21H31N3O4/c1-20(6-3-9-28-20)13-23-19(22-2)24-14-21(7-10-25-11-8-21)16-4-5-17-18(12-16)27-15-26-17/h4-5,12H,3,6-11,13-15H2,1-2H3,(H2,22,23,24). The molecular weight excluding hydrogens is 358 g/mol. The van der Waals surface area contributed by atoms with Gasteiger partial charge in [0.05, 0.1) is 5.60 Å². The summed E-state index contributed by atoms with van der Waals surface area (Å²) in [7, 11) is 1.81. The Labute approximate surface area is 166 Å². The molecule has 1 aromatic rings. The van der Waals surface area contributed by atoms with Crippen LogP contribution in [0.4, 0.5) is 0 Å². The molecule has 0 radical (unpaired) electrons. The molecule has 3 heterocycles. The zero-order valence-corrected chi connectivity index (χ0v) is 16.9. The molecule has 2 saturated heterocycles. The van der Waals surface area contributed by atoms with Gasteiger partial charge in [0.1, 0.15) is 0 Å². The first kappa shape index (κ1) is 19.3. The molecule has 0 spiro atoms. The van der Waals surface area contributed by atoms with Gasteiger partial charge in [0.2, 0.25) is 6.79 Å². The fourth-order valence-electron chi connectivity index (χ4n) is 4.28. The normalized spacial score (nSPS) is 26.3. The number of rotatable bonds is 5. The third-order valence-corrected chi connectivity index (χ3v) is 6.18. The number of hydrogen-bond donors (Lipinski definition) is 2. The van der Waals surface area contributed by atoms with Gasteiger partial charge in [-0.3, -0.25) is 4.99 Å². The van der Waals surface area contributed by atoms with Gasteiger partial charge in [0.25, 0.3) is 0 Å². The molecule has 0 amide bonds. The zero-order valence-electron chi connectivity index (χ0n) is 16.9. The Morgan fingerprint density at radius 1 is 1.04 bits per heavy atom. The Morgan fingerprint density at radius 2 is 1.82 bits per heavy atom. The lowest BCUT2D eigenvalue weighted by Gasteiger charge is -2.38. The summed E-state index contributed by atoms with van der Waals surface area (Å²) in [6.45, 7) is 6.36. The van der Waals surface area contributed by atoms with Crippen LogP contribution in [0.1, 0.15) is 38.2 Å². The Balaban J connectivity index is 1.44. The number of aliphatic imine (C=N–C) groups is 1.